The lowest BCUT2D eigenvalue weighted by Gasteiger charge is -2.12. The van der Waals surface area contributed by atoms with Crippen LogP contribution in [0.4, 0.5) is 11.4 Å². The van der Waals surface area contributed by atoms with Crippen molar-refractivity contribution in [3.63, 3.8) is 0 Å². The summed E-state index contributed by atoms with van der Waals surface area (Å²) in [4.78, 5) is 32.1. The van der Waals surface area contributed by atoms with Crippen LogP contribution in [-0.2, 0) is 4.79 Å². The quantitative estimate of drug-likeness (QED) is 0.623. The molecule has 0 aliphatic carbocycles. The first-order valence-corrected chi connectivity index (χ1v) is 8.83. The Morgan fingerprint density at radius 3 is 2.71 bits per heavy atom. The Hall–Kier alpha value is -2.12. The van der Waals surface area contributed by atoms with Gasteiger partial charge in [0.25, 0.3) is 5.91 Å². The van der Waals surface area contributed by atoms with Gasteiger partial charge in [0, 0.05) is 17.8 Å². The van der Waals surface area contributed by atoms with Crippen LogP contribution < -0.4 is 10.6 Å². The van der Waals surface area contributed by atoms with Gasteiger partial charge in [0.05, 0.1) is 11.2 Å². The average molecular weight is 365 g/mol. The van der Waals surface area contributed by atoms with Crippen LogP contribution in [0.5, 0.6) is 0 Å². The van der Waals surface area contributed by atoms with E-state index in [1.165, 1.54) is 18.0 Å². The van der Waals surface area contributed by atoms with E-state index in [1.807, 2.05) is 19.2 Å². The number of carbonyl (C=O) groups is 2. The minimum Gasteiger partial charge on any atom is -0.326 e. The number of aryl methyl sites for hydroxylation is 1. The summed E-state index contributed by atoms with van der Waals surface area (Å²) in [6.45, 7) is 3.63. The smallest absolute Gasteiger partial charge is 0.275 e. The lowest BCUT2D eigenvalue weighted by atomic mass is 10.1. The van der Waals surface area contributed by atoms with Gasteiger partial charge in [-0.2, -0.15) is 0 Å². The van der Waals surface area contributed by atoms with Crippen molar-refractivity contribution >= 4 is 46.6 Å². The third-order valence-electron chi connectivity index (χ3n) is 3.21. The van der Waals surface area contributed by atoms with Gasteiger partial charge in [-0.1, -0.05) is 36.4 Å². The predicted octanol–water partition coefficient (Wildman–Crippen LogP) is 3.76. The number of carbonyl (C=O) groups excluding carboxylic acids is 2. The van der Waals surface area contributed by atoms with Crippen molar-refractivity contribution in [1.82, 2.24) is 9.97 Å². The van der Waals surface area contributed by atoms with Gasteiger partial charge in [-0.15, -0.1) is 0 Å². The molecule has 0 atom stereocenters. The van der Waals surface area contributed by atoms with Crippen LogP contribution in [0.1, 0.15) is 29.4 Å². The van der Waals surface area contributed by atoms with E-state index in [2.05, 4.69) is 20.6 Å². The Labute approximate surface area is 149 Å². The van der Waals surface area contributed by atoms with Crippen LogP contribution in [0.15, 0.2) is 29.6 Å². The van der Waals surface area contributed by atoms with Gasteiger partial charge in [0.2, 0.25) is 5.91 Å². The summed E-state index contributed by atoms with van der Waals surface area (Å²) in [6.07, 6.45) is 3.60. The summed E-state index contributed by atoms with van der Waals surface area (Å²) in [6, 6.07) is 5.29. The first kappa shape index (κ1) is 18.2. The maximum Gasteiger partial charge on any atom is 0.275 e. The number of halogens is 1. The van der Waals surface area contributed by atoms with Crippen LogP contribution in [-0.4, -0.2) is 28.0 Å². The highest BCUT2D eigenvalue weighted by Gasteiger charge is 2.15. The minimum atomic E-state index is -0.431. The summed E-state index contributed by atoms with van der Waals surface area (Å²) in [7, 11) is 0. The maximum absolute atomic E-state index is 12.5. The Morgan fingerprint density at radius 1 is 1.29 bits per heavy atom. The minimum absolute atomic E-state index is 0.0976. The van der Waals surface area contributed by atoms with Gasteiger partial charge >= 0.3 is 0 Å². The largest absolute Gasteiger partial charge is 0.326 e. The first-order chi connectivity index (χ1) is 11.4. The molecule has 0 saturated carbocycles. The molecular weight excluding hydrogens is 348 g/mol. The standard InChI is InChI=1S/C16H17ClN4O2S/c1-4-13(22)19-10-6-5-9(2)12(7-10)20-15(23)14-11(17)8-18-16(21-14)24-3/h5-8H,4H2,1-3H3,(H,19,22)(H,20,23). The SMILES string of the molecule is CCC(=O)Nc1ccc(C)c(NC(=O)c2nc(SC)ncc2Cl)c1. The molecule has 0 aliphatic rings. The van der Waals surface area contributed by atoms with Gasteiger partial charge in [0.15, 0.2) is 10.9 Å². The predicted molar refractivity (Wildman–Crippen MR) is 96.9 cm³/mol. The van der Waals surface area contributed by atoms with E-state index in [0.717, 1.165) is 5.56 Å². The first-order valence-electron chi connectivity index (χ1n) is 7.23. The van der Waals surface area contributed by atoms with Crippen molar-refractivity contribution < 1.29 is 9.59 Å². The van der Waals surface area contributed by atoms with Crippen LogP contribution in [0, 0.1) is 6.92 Å². The molecule has 1 aromatic carbocycles. The second kappa shape index (κ2) is 8.12. The summed E-state index contributed by atoms with van der Waals surface area (Å²) >= 11 is 7.34. The monoisotopic (exact) mass is 364 g/mol. The van der Waals surface area contributed by atoms with Crippen LogP contribution in [0.25, 0.3) is 0 Å². The molecule has 0 spiro atoms. The van der Waals surface area contributed by atoms with E-state index in [1.54, 1.807) is 19.1 Å². The number of amides is 2. The Bertz CT molecular complexity index is 783. The molecule has 0 bridgehead atoms. The average Bonchev–Trinajstić information content (AvgIpc) is 2.58. The zero-order chi connectivity index (χ0) is 17.7. The van der Waals surface area contributed by atoms with Gasteiger partial charge in [-0.05, 0) is 30.9 Å². The van der Waals surface area contributed by atoms with Crippen molar-refractivity contribution in [2.75, 3.05) is 16.9 Å². The number of hydrogen-bond acceptors (Lipinski definition) is 5. The van der Waals surface area contributed by atoms with E-state index in [9.17, 15) is 9.59 Å². The topological polar surface area (TPSA) is 84.0 Å². The number of anilines is 2. The third kappa shape index (κ3) is 4.46. The highest BCUT2D eigenvalue weighted by molar-refractivity contribution is 7.98. The summed E-state index contributed by atoms with van der Waals surface area (Å²) in [5.41, 5.74) is 2.15. The number of benzene rings is 1. The fraction of sp³-hybridized carbons (Fsp3) is 0.250. The Morgan fingerprint density at radius 2 is 2.04 bits per heavy atom. The van der Waals surface area contributed by atoms with E-state index in [-0.39, 0.29) is 16.6 Å². The maximum atomic E-state index is 12.5. The fourth-order valence-electron chi connectivity index (χ4n) is 1.87. The van der Waals surface area contributed by atoms with Crippen molar-refractivity contribution in [1.29, 1.82) is 0 Å². The highest BCUT2D eigenvalue weighted by Crippen LogP contribution is 2.23. The summed E-state index contributed by atoms with van der Waals surface area (Å²) in [5, 5.41) is 6.17. The number of aromatic nitrogens is 2. The summed E-state index contributed by atoms with van der Waals surface area (Å²) < 4.78 is 0. The molecule has 0 aliphatic heterocycles. The molecule has 0 unspecified atom stereocenters. The third-order valence-corrected chi connectivity index (χ3v) is 4.05. The van der Waals surface area contributed by atoms with E-state index < -0.39 is 5.91 Å². The normalized spacial score (nSPS) is 10.3. The number of rotatable bonds is 5. The van der Waals surface area contributed by atoms with E-state index in [0.29, 0.717) is 23.0 Å². The van der Waals surface area contributed by atoms with Gasteiger partial charge in [-0.25, -0.2) is 9.97 Å². The zero-order valence-corrected chi connectivity index (χ0v) is 15.1. The van der Waals surface area contributed by atoms with Gasteiger partial charge < -0.3 is 10.6 Å². The van der Waals surface area contributed by atoms with Crippen molar-refractivity contribution in [3.8, 4) is 0 Å². The molecule has 2 aromatic rings. The molecule has 6 nitrogen and oxygen atoms in total. The number of hydrogen-bond donors (Lipinski definition) is 2. The number of thioether (sulfide) groups is 1. The molecule has 126 valence electrons. The Balaban J connectivity index is 2.25. The molecular formula is C16H17ClN4O2S. The molecule has 0 fully saturated rings. The van der Waals surface area contributed by atoms with Crippen LogP contribution in [0.3, 0.4) is 0 Å². The zero-order valence-electron chi connectivity index (χ0n) is 13.5. The fourth-order valence-corrected chi connectivity index (χ4v) is 2.39. The lowest BCUT2D eigenvalue weighted by molar-refractivity contribution is -0.115. The van der Waals surface area contributed by atoms with Crippen molar-refractivity contribution in [2.45, 2.75) is 25.4 Å². The molecule has 2 amide bonds. The molecule has 0 saturated heterocycles. The molecule has 24 heavy (non-hydrogen) atoms. The molecule has 2 rings (SSSR count). The van der Waals surface area contributed by atoms with E-state index in [4.69, 9.17) is 11.6 Å². The van der Waals surface area contributed by atoms with Crippen LogP contribution >= 0.6 is 23.4 Å². The molecule has 2 N–H and O–H groups in total. The molecule has 0 radical (unpaired) electrons. The van der Waals surface area contributed by atoms with Crippen LogP contribution in [0.2, 0.25) is 5.02 Å². The second-order valence-corrected chi connectivity index (χ2v) is 6.12. The van der Waals surface area contributed by atoms with Crippen molar-refractivity contribution in [3.05, 3.63) is 40.7 Å². The number of nitrogens with zero attached hydrogens (tertiary/aromatic N) is 2. The lowest BCUT2D eigenvalue weighted by Crippen LogP contribution is -2.16. The van der Waals surface area contributed by atoms with E-state index >= 15 is 0 Å². The summed E-state index contributed by atoms with van der Waals surface area (Å²) in [5.74, 6) is -0.528. The molecule has 8 heteroatoms. The Kier molecular flexibility index (Phi) is 6.16. The van der Waals surface area contributed by atoms with Crippen molar-refractivity contribution in [2.24, 2.45) is 0 Å². The second-order valence-electron chi connectivity index (χ2n) is 4.94. The molecule has 1 heterocycles. The van der Waals surface area contributed by atoms with Gasteiger partial charge in [0.1, 0.15) is 0 Å². The van der Waals surface area contributed by atoms with Gasteiger partial charge in [-0.3, -0.25) is 9.59 Å². The molecule has 1 aromatic heterocycles. The number of nitrogens with one attached hydrogen (secondary N) is 2. The highest BCUT2D eigenvalue weighted by atomic mass is 35.5.